The van der Waals surface area contributed by atoms with Gasteiger partial charge in [-0.25, -0.2) is 0 Å². The first-order valence-corrected chi connectivity index (χ1v) is 11.9. The van der Waals surface area contributed by atoms with E-state index < -0.39 is 17.7 Å². The normalized spacial score (nSPS) is 17.8. The highest BCUT2D eigenvalue weighted by Gasteiger charge is 2.45. The number of Topliss-reactive ketones (excluding diaryl/α,β-unsaturated/α-hetero) is 1. The average Bonchev–Trinajstić information content (AvgIpc) is 3.04. The van der Waals surface area contributed by atoms with Gasteiger partial charge < -0.3 is 19.5 Å². The van der Waals surface area contributed by atoms with E-state index in [1.807, 2.05) is 57.2 Å². The number of carbonyl (C=O) groups excluding carboxylic acids is 2. The van der Waals surface area contributed by atoms with Crippen LogP contribution in [0.15, 0.2) is 48.0 Å². The second-order valence-corrected chi connectivity index (χ2v) is 9.39. The minimum absolute atomic E-state index is 0.0936. The van der Waals surface area contributed by atoms with E-state index in [9.17, 15) is 14.7 Å². The Hall–Kier alpha value is -3.28. The summed E-state index contributed by atoms with van der Waals surface area (Å²) in [6.07, 6.45) is 0.686. The lowest BCUT2D eigenvalue weighted by Gasteiger charge is -2.26. The van der Waals surface area contributed by atoms with Crippen molar-refractivity contribution in [3.63, 3.8) is 0 Å². The van der Waals surface area contributed by atoms with Crippen LogP contribution in [-0.4, -0.2) is 41.5 Å². The number of likely N-dealkylation sites (tertiary alicyclic amines) is 1. The molecule has 1 heterocycles. The van der Waals surface area contributed by atoms with Crippen LogP contribution in [0.1, 0.15) is 70.7 Å². The largest absolute Gasteiger partial charge is 0.507 e. The van der Waals surface area contributed by atoms with Gasteiger partial charge in [0.1, 0.15) is 17.3 Å². The van der Waals surface area contributed by atoms with Crippen molar-refractivity contribution in [2.24, 2.45) is 0 Å². The molecule has 1 fully saturated rings. The molecule has 182 valence electrons. The van der Waals surface area contributed by atoms with Crippen LogP contribution in [0.3, 0.4) is 0 Å². The van der Waals surface area contributed by atoms with E-state index >= 15 is 0 Å². The van der Waals surface area contributed by atoms with Crippen molar-refractivity contribution in [3.05, 3.63) is 64.7 Å². The molecule has 1 aliphatic heterocycles. The number of nitrogens with zero attached hydrogens (tertiary/aromatic N) is 1. The van der Waals surface area contributed by atoms with Gasteiger partial charge in [-0.15, -0.1) is 0 Å². The average molecular weight is 466 g/mol. The van der Waals surface area contributed by atoms with Crippen molar-refractivity contribution in [2.45, 2.75) is 59.4 Å². The Balaban J connectivity index is 2.21. The number of ether oxygens (including phenoxy) is 2. The number of benzene rings is 2. The van der Waals surface area contributed by atoms with E-state index in [2.05, 4.69) is 20.8 Å². The summed E-state index contributed by atoms with van der Waals surface area (Å²) in [7, 11) is 0. The minimum Gasteiger partial charge on any atom is -0.507 e. The fourth-order valence-electron chi connectivity index (χ4n) is 4.34. The monoisotopic (exact) mass is 465 g/mol. The number of hydrogen-bond donors (Lipinski definition) is 1. The Morgan fingerprint density at radius 3 is 2.32 bits per heavy atom. The zero-order valence-corrected chi connectivity index (χ0v) is 21.0. The maximum Gasteiger partial charge on any atom is 0.295 e. The molecule has 0 aromatic heterocycles. The highest BCUT2D eigenvalue weighted by molar-refractivity contribution is 6.46. The summed E-state index contributed by atoms with van der Waals surface area (Å²) in [6, 6.07) is 12.1. The van der Waals surface area contributed by atoms with Crippen molar-refractivity contribution in [2.75, 3.05) is 19.8 Å². The molecule has 0 spiro atoms. The number of ketones is 1. The molecule has 1 amide bonds. The topological polar surface area (TPSA) is 76.1 Å². The molecule has 0 radical (unpaired) electrons. The van der Waals surface area contributed by atoms with Crippen LogP contribution >= 0.6 is 0 Å². The third-order valence-electron chi connectivity index (χ3n) is 5.85. The second kappa shape index (κ2) is 10.3. The van der Waals surface area contributed by atoms with Crippen LogP contribution < -0.4 is 9.47 Å². The van der Waals surface area contributed by atoms with Gasteiger partial charge >= 0.3 is 0 Å². The Labute approximate surface area is 202 Å². The van der Waals surface area contributed by atoms with Crippen LogP contribution in [0.4, 0.5) is 0 Å². The Bertz CT molecular complexity index is 1100. The maximum atomic E-state index is 13.2. The van der Waals surface area contributed by atoms with Crippen LogP contribution in [0.25, 0.3) is 5.76 Å². The SMILES string of the molecule is CCCN1C(=O)C(=O)/C(=C(/O)c2ccc(OCC)c(C(C)(C)C)c2)C1c1cccc(OCC)c1. The number of carbonyl (C=O) groups is 2. The molecule has 1 aliphatic rings. The van der Waals surface area contributed by atoms with E-state index in [4.69, 9.17) is 9.47 Å². The first-order chi connectivity index (χ1) is 16.1. The first kappa shape index (κ1) is 25.3. The lowest BCUT2D eigenvalue weighted by Crippen LogP contribution is -2.30. The van der Waals surface area contributed by atoms with Crippen molar-refractivity contribution in [3.8, 4) is 11.5 Å². The fraction of sp³-hybridized carbons (Fsp3) is 0.429. The molecular formula is C28H35NO5. The van der Waals surface area contributed by atoms with Crippen LogP contribution in [0, 0.1) is 0 Å². The molecule has 1 N–H and O–H groups in total. The van der Waals surface area contributed by atoms with Gasteiger partial charge in [-0.05, 0) is 61.6 Å². The van der Waals surface area contributed by atoms with Gasteiger partial charge in [0.2, 0.25) is 0 Å². The predicted molar refractivity (Wildman–Crippen MR) is 133 cm³/mol. The number of aliphatic hydroxyl groups is 1. The summed E-state index contributed by atoms with van der Waals surface area (Å²) in [4.78, 5) is 27.7. The fourth-order valence-corrected chi connectivity index (χ4v) is 4.34. The van der Waals surface area contributed by atoms with Crippen molar-refractivity contribution >= 4 is 17.4 Å². The summed E-state index contributed by atoms with van der Waals surface area (Å²) in [5, 5.41) is 11.4. The van der Waals surface area contributed by atoms with Gasteiger partial charge in [-0.3, -0.25) is 9.59 Å². The molecular weight excluding hydrogens is 430 g/mol. The maximum absolute atomic E-state index is 13.2. The number of aliphatic hydroxyl groups excluding tert-OH is 1. The predicted octanol–water partition coefficient (Wildman–Crippen LogP) is 5.61. The Kier molecular flexibility index (Phi) is 7.70. The summed E-state index contributed by atoms with van der Waals surface area (Å²) < 4.78 is 11.4. The van der Waals surface area contributed by atoms with Gasteiger partial charge in [0.05, 0.1) is 24.8 Å². The summed E-state index contributed by atoms with van der Waals surface area (Å²) >= 11 is 0. The molecule has 3 rings (SSSR count). The first-order valence-electron chi connectivity index (χ1n) is 11.9. The van der Waals surface area contributed by atoms with E-state index in [1.165, 1.54) is 4.90 Å². The van der Waals surface area contributed by atoms with E-state index in [-0.39, 0.29) is 16.7 Å². The molecule has 2 aromatic rings. The van der Waals surface area contributed by atoms with Gasteiger partial charge in [-0.2, -0.15) is 0 Å². The van der Waals surface area contributed by atoms with E-state index in [0.717, 1.165) is 16.9 Å². The quantitative estimate of drug-likeness (QED) is 0.311. The van der Waals surface area contributed by atoms with E-state index in [1.54, 1.807) is 6.07 Å². The standard InChI is InChI=1S/C28H35NO5/c1-7-15-29-24(18-11-10-12-20(16-18)33-8-2)23(26(31)27(29)32)25(30)19-13-14-22(34-9-3)21(17-19)28(4,5)6/h10-14,16-17,24,30H,7-9,15H2,1-6H3/b25-23+. The lowest BCUT2D eigenvalue weighted by atomic mass is 9.84. The van der Waals surface area contributed by atoms with Crippen molar-refractivity contribution < 1.29 is 24.2 Å². The van der Waals surface area contributed by atoms with Crippen molar-refractivity contribution in [1.29, 1.82) is 0 Å². The second-order valence-electron chi connectivity index (χ2n) is 9.39. The Morgan fingerprint density at radius 1 is 1.00 bits per heavy atom. The molecule has 0 bridgehead atoms. The number of rotatable bonds is 8. The lowest BCUT2D eigenvalue weighted by molar-refractivity contribution is -0.139. The summed E-state index contributed by atoms with van der Waals surface area (Å²) in [6.45, 7) is 13.4. The van der Waals surface area contributed by atoms with Gasteiger partial charge in [-0.1, -0.05) is 39.8 Å². The molecule has 1 atom stereocenters. The molecule has 6 heteroatoms. The zero-order valence-electron chi connectivity index (χ0n) is 21.0. The van der Waals surface area contributed by atoms with Gasteiger partial charge in [0, 0.05) is 17.7 Å². The molecule has 0 aliphatic carbocycles. The number of hydrogen-bond acceptors (Lipinski definition) is 5. The van der Waals surface area contributed by atoms with Crippen LogP contribution in [-0.2, 0) is 15.0 Å². The minimum atomic E-state index is -0.690. The molecule has 0 saturated carbocycles. The zero-order chi connectivity index (χ0) is 25.0. The van der Waals surface area contributed by atoms with Gasteiger partial charge in [0.15, 0.2) is 0 Å². The van der Waals surface area contributed by atoms with Crippen LogP contribution in [0.5, 0.6) is 11.5 Å². The molecule has 34 heavy (non-hydrogen) atoms. The highest BCUT2D eigenvalue weighted by atomic mass is 16.5. The van der Waals surface area contributed by atoms with Gasteiger partial charge in [0.25, 0.3) is 11.7 Å². The Morgan fingerprint density at radius 2 is 1.71 bits per heavy atom. The molecule has 1 unspecified atom stereocenters. The third-order valence-corrected chi connectivity index (χ3v) is 5.85. The van der Waals surface area contributed by atoms with Crippen LogP contribution in [0.2, 0.25) is 0 Å². The molecule has 1 saturated heterocycles. The summed E-state index contributed by atoms with van der Waals surface area (Å²) in [5.41, 5.74) is 1.96. The molecule has 6 nitrogen and oxygen atoms in total. The molecule has 2 aromatic carbocycles. The van der Waals surface area contributed by atoms with E-state index in [0.29, 0.717) is 37.5 Å². The smallest absolute Gasteiger partial charge is 0.295 e. The third kappa shape index (κ3) is 4.96. The highest BCUT2D eigenvalue weighted by Crippen LogP contribution is 2.41. The van der Waals surface area contributed by atoms with Crippen molar-refractivity contribution in [1.82, 2.24) is 4.90 Å². The summed E-state index contributed by atoms with van der Waals surface area (Å²) in [5.74, 6) is -0.0735. The number of amides is 1.